The lowest BCUT2D eigenvalue weighted by Gasteiger charge is -2.41. The average Bonchev–Trinajstić information content (AvgIpc) is 4.26. The maximum absolute atomic E-state index is 13.8. The van der Waals surface area contributed by atoms with E-state index in [-0.39, 0.29) is 24.0 Å². The summed E-state index contributed by atoms with van der Waals surface area (Å²) in [6.45, 7) is 14.6. The Morgan fingerprint density at radius 3 is 1.57 bits per heavy atom. The van der Waals surface area contributed by atoms with Crippen LogP contribution in [0.1, 0.15) is 154 Å². The van der Waals surface area contributed by atoms with Gasteiger partial charge in [0.05, 0.1) is 12.0 Å². The highest BCUT2D eigenvalue weighted by Gasteiger charge is 2.46. The second-order valence-electron chi connectivity index (χ2n) is 23.8. The molecule has 4 fully saturated rings. The first kappa shape index (κ1) is 50.7. The van der Waals surface area contributed by atoms with Crippen molar-refractivity contribution in [1.29, 1.82) is 0 Å². The van der Waals surface area contributed by atoms with Crippen LogP contribution in [0.5, 0.6) is 0 Å². The van der Waals surface area contributed by atoms with Crippen molar-refractivity contribution in [1.82, 2.24) is 20.0 Å². The van der Waals surface area contributed by atoms with Crippen LogP contribution >= 0.6 is 0 Å². The third-order valence-electron chi connectivity index (χ3n) is 15.9. The molecule has 8 aliphatic rings. The van der Waals surface area contributed by atoms with Crippen molar-refractivity contribution in [3.05, 3.63) is 81.9 Å². The minimum Gasteiger partial charge on any atom is -0.481 e. The lowest BCUT2D eigenvalue weighted by Crippen LogP contribution is -2.49. The molecule has 0 radical (unpaired) electrons. The maximum Gasteiger partial charge on any atom is 0.410 e. The molecular formula is C58H82N4O7. The van der Waals surface area contributed by atoms with Crippen molar-refractivity contribution in [3.63, 3.8) is 0 Å². The van der Waals surface area contributed by atoms with Gasteiger partial charge in [0.2, 0.25) is 5.91 Å². The zero-order chi connectivity index (χ0) is 49.2. The van der Waals surface area contributed by atoms with Crippen molar-refractivity contribution >= 4 is 35.2 Å². The number of carbonyl (C=O) groups excluding carboxylic acids is 3. The third kappa shape index (κ3) is 12.8. The summed E-state index contributed by atoms with van der Waals surface area (Å²) in [5.41, 5.74) is 11.5. The van der Waals surface area contributed by atoms with Gasteiger partial charge in [0.15, 0.2) is 0 Å². The minimum absolute atomic E-state index is 0.135. The molecule has 11 nitrogen and oxygen atoms in total. The number of amides is 3. The van der Waals surface area contributed by atoms with Crippen LogP contribution in [-0.2, 0) is 31.9 Å². The van der Waals surface area contributed by atoms with Crippen molar-refractivity contribution in [3.8, 4) is 0 Å². The van der Waals surface area contributed by atoms with Gasteiger partial charge in [-0.3, -0.25) is 9.59 Å². The van der Waals surface area contributed by atoms with E-state index < -0.39 is 17.2 Å². The molecule has 2 N–H and O–H groups in total. The van der Waals surface area contributed by atoms with Crippen LogP contribution < -0.4 is 5.32 Å². The molecule has 2 aromatic rings. The Morgan fingerprint density at radius 1 is 0.623 bits per heavy atom. The minimum atomic E-state index is -0.695. The normalized spacial score (nSPS) is 26.2. The van der Waals surface area contributed by atoms with E-state index in [1.807, 2.05) is 48.6 Å². The zero-order valence-corrected chi connectivity index (χ0v) is 43.1. The maximum atomic E-state index is 13.8. The Kier molecular flexibility index (Phi) is 15.7. The van der Waals surface area contributed by atoms with Gasteiger partial charge in [0.25, 0.3) is 0 Å². The van der Waals surface area contributed by atoms with E-state index in [2.05, 4.69) is 58.7 Å². The predicted molar refractivity (Wildman–Crippen MR) is 272 cm³/mol. The van der Waals surface area contributed by atoms with Crippen molar-refractivity contribution in [2.24, 2.45) is 35.5 Å². The number of benzene rings is 2. The second kappa shape index (κ2) is 21.4. The number of rotatable bonds is 8. The fraction of sp³-hybridized carbons (Fsp3) is 0.655. The number of nitrogens with zero attached hydrogens (tertiary/aromatic N) is 3. The third-order valence-corrected chi connectivity index (χ3v) is 15.9. The molecule has 6 aliphatic carbocycles. The molecule has 2 aliphatic heterocycles. The van der Waals surface area contributed by atoms with E-state index in [1.54, 1.807) is 39.1 Å². The van der Waals surface area contributed by atoms with Crippen LogP contribution in [0.2, 0.25) is 0 Å². The summed E-state index contributed by atoms with van der Waals surface area (Å²) in [5, 5.41) is 12.7. The Hall–Kier alpha value is -4.64. The molecule has 0 saturated heterocycles. The number of hydrogen-bond acceptors (Lipinski definition) is 7. The lowest BCUT2D eigenvalue weighted by molar-refractivity contribution is -0.143. The topological polar surface area (TPSA) is 129 Å². The largest absolute Gasteiger partial charge is 0.481 e. The van der Waals surface area contributed by atoms with Gasteiger partial charge in [-0.15, -0.1) is 0 Å². The first-order valence-corrected chi connectivity index (χ1v) is 26.6. The molecule has 0 aromatic heterocycles. The molecule has 10 rings (SSSR count). The highest BCUT2D eigenvalue weighted by molar-refractivity contribution is 5.85. The Morgan fingerprint density at radius 2 is 1.09 bits per heavy atom. The monoisotopic (exact) mass is 947 g/mol. The van der Waals surface area contributed by atoms with Gasteiger partial charge in [-0.25, -0.2) is 9.59 Å². The fourth-order valence-electron chi connectivity index (χ4n) is 12.2. The van der Waals surface area contributed by atoms with Crippen molar-refractivity contribution in [2.45, 2.75) is 168 Å². The molecule has 2 atom stereocenters. The van der Waals surface area contributed by atoms with Gasteiger partial charge >= 0.3 is 18.2 Å². The van der Waals surface area contributed by atoms with Crippen LogP contribution in [0.3, 0.4) is 0 Å². The highest BCUT2D eigenvalue weighted by Crippen LogP contribution is 2.49. The van der Waals surface area contributed by atoms with E-state index in [1.165, 1.54) is 67.3 Å². The zero-order valence-electron chi connectivity index (χ0n) is 43.1. The number of carboxylic acid groups (broad SMARTS) is 1. The summed E-state index contributed by atoms with van der Waals surface area (Å²) in [6, 6.07) is 18.8. The van der Waals surface area contributed by atoms with E-state index in [0.717, 1.165) is 63.8 Å². The Balaban J connectivity index is 0.000000154. The number of fused-ring (bicyclic) bond motifs is 4. The first-order chi connectivity index (χ1) is 32.8. The van der Waals surface area contributed by atoms with Crippen molar-refractivity contribution < 1.29 is 33.8 Å². The molecule has 376 valence electrons. The first-order valence-electron chi connectivity index (χ1n) is 26.6. The van der Waals surface area contributed by atoms with Crippen molar-refractivity contribution in [2.75, 3.05) is 40.3 Å². The molecule has 2 aromatic carbocycles. The summed E-state index contributed by atoms with van der Waals surface area (Å²) < 4.78 is 10.8. The molecule has 11 heteroatoms. The number of carbonyl (C=O) groups is 4. The highest BCUT2D eigenvalue weighted by atomic mass is 16.6. The number of carboxylic acids is 1. The molecule has 3 amide bonds. The van der Waals surface area contributed by atoms with Crippen LogP contribution in [-0.4, -0.2) is 107 Å². The SMILES string of the molecule is CN(CC1CCC(C(=O)N2CCC3=C(Cc4ccccc43)C2C2CC2)CC1)C(=O)OC(C)(C)C.CN(CC1CCC(C(=O)O)CC1)C(=O)OC(C)(C)C.c1ccc2c(c1)CC1=C2CCNC1C1CC1. The summed E-state index contributed by atoms with van der Waals surface area (Å²) in [6.07, 6.45) is 16.3. The number of nitrogens with one attached hydrogen (secondary N) is 1. The number of ether oxygens (including phenoxy) is 2. The van der Waals surface area contributed by atoms with E-state index >= 15 is 0 Å². The quantitative estimate of drug-likeness (QED) is 0.268. The Bertz CT molecular complexity index is 2250. The van der Waals surface area contributed by atoms with Crippen LogP contribution in [0, 0.1) is 35.5 Å². The molecule has 69 heavy (non-hydrogen) atoms. The summed E-state index contributed by atoms with van der Waals surface area (Å²) in [5.74, 6) is 2.05. The molecule has 0 spiro atoms. The lowest BCUT2D eigenvalue weighted by atomic mass is 9.80. The Labute approximate surface area is 412 Å². The molecule has 2 unspecified atom stereocenters. The predicted octanol–water partition coefficient (Wildman–Crippen LogP) is 11.2. The van der Waals surface area contributed by atoms with Crippen LogP contribution in [0.4, 0.5) is 9.59 Å². The van der Waals surface area contributed by atoms with Gasteiger partial charge in [-0.2, -0.15) is 0 Å². The summed E-state index contributed by atoms with van der Waals surface area (Å²) in [4.78, 5) is 54.4. The fourth-order valence-corrected chi connectivity index (χ4v) is 12.2. The second-order valence-corrected chi connectivity index (χ2v) is 23.8. The molecular weight excluding hydrogens is 865 g/mol. The smallest absolute Gasteiger partial charge is 0.410 e. The standard InChI is InChI=1S/C29H40N2O3.C15H17N.C14H25NO4/c1-29(2,3)34-28(33)30(4)18-19-9-11-21(12-10-19)27(32)31-16-15-24-23-8-6-5-7-22(23)17-25(24)26(31)20-13-14-20;1-2-4-12-11(3-1)9-14-13(12)7-8-16-15(14)10-5-6-10;1-14(2,3)19-13(18)15(4)9-10-5-7-11(8-6-10)12(16)17/h5-8,19-21,26H,9-18H2,1-4H3;1-4,10,15-16H,5-9H2;10-11H,5-9H2,1-4H3,(H,16,17). The molecule has 0 bridgehead atoms. The average molecular weight is 947 g/mol. The summed E-state index contributed by atoms with van der Waals surface area (Å²) >= 11 is 0. The number of hydrogen-bond donors (Lipinski definition) is 2. The van der Waals surface area contributed by atoms with Gasteiger partial charge in [0, 0.05) is 45.7 Å². The van der Waals surface area contributed by atoms with Gasteiger partial charge < -0.3 is 34.6 Å². The van der Waals surface area contributed by atoms with Crippen LogP contribution in [0.25, 0.3) is 11.1 Å². The van der Waals surface area contributed by atoms with Gasteiger partial charge in [-0.1, -0.05) is 48.5 Å². The molecule has 4 saturated carbocycles. The van der Waals surface area contributed by atoms with Gasteiger partial charge in [-0.05, 0) is 219 Å². The number of aliphatic carboxylic acids is 1. The van der Waals surface area contributed by atoms with Crippen LogP contribution in [0.15, 0.2) is 59.7 Å². The van der Waals surface area contributed by atoms with E-state index in [4.69, 9.17) is 14.6 Å². The van der Waals surface area contributed by atoms with Gasteiger partial charge in [0.1, 0.15) is 11.2 Å². The molecule has 2 heterocycles. The van der Waals surface area contributed by atoms with E-state index in [0.29, 0.717) is 61.7 Å². The summed E-state index contributed by atoms with van der Waals surface area (Å²) in [7, 11) is 3.56. The van der Waals surface area contributed by atoms with E-state index in [9.17, 15) is 19.2 Å².